The highest BCUT2D eigenvalue weighted by molar-refractivity contribution is 5.98. The van der Waals surface area contributed by atoms with Crippen LogP contribution in [0.4, 0.5) is 11.4 Å². The van der Waals surface area contributed by atoms with E-state index in [1.165, 1.54) is 5.69 Å². The lowest BCUT2D eigenvalue weighted by molar-refractivity contribution is -0.116. The maximum absolute atomic E-state index is 13.4. The van der Waals surface area contributed by atoms with Gasteiger partial charge in [-0.1, -0.05) is 60.7 Å². The van der Waals surface area contributed by atoms with Gasteiger partial charge in [-0.3, -0.25) is 4.79 Å². The molecule has 1 heterocycles. The number of benzene rings is 3. The molecule has 0 unspecified atom stereocenters. The molecule has 1 fully saturated rings. The van der Waals surface area contributed by atoms with Gasteiger partial charge in [0.25, 0.3) is 0 Å². The van der Waals surface area contributed by atoms with Gasteiger partial charge in [-0.15, -0.1) is 0 Å². The number of rotatable bonds is 5. The maximum Gasteiger partial charge on any atom is 0.236 e. The Kier molecular flexibility index (Phi) is 6.15. The second kappa shape index (κ2) is 9.14. The summed E-state index contributed by atoms with van der Waals surface area (Å²) in [5.41, 5.74) is 5.16. The van der Waals surface area contributed by atoms with Crippen LogP contribution in [0.5, 0.6) is 0 Å². The first-order chi connectivity index (χ1) is 14.6. The number of carbonyl (C=O) groups is 1. The van der Waals surface area contributed by atoms with E-state index in [9.17, 15) is 4.79 Å². The average Bonchev–Trinajstić information content (AvgIpc) is 2.77. The van der Waals surface area contributed by atoms with Gasteiger partial charge in [0, 0.05) is 37.6 Å². The first-order valence-corrected chi connectivity index (χ1v) is 10.6. The lowest BCUT2D eigenvalue weighted by atomic mass is 9.90. The van der Waals surface area contributed by atoms with Crippen molar-refractivity contribution in [2.75, 3.05) is 43.4 Å². The van der Waals surface area contributed by atoms with Crippen LogP contribution >= 0.6 is 0 Å². The minimum Gasteiger partial charge on any atom is -0.369 e. The van der Waals surface area contributed by atoms with Gasteiger partial charge in [0.15, 0.2) is 0 Å². The van der Waals surface area contributed by atoms with Crippen LogP contribution in [0.1, 0.15) is 22.6 Å². The van der Waals surface area contributed by atoms with Gasteiger partial charge in [0.2, 0.25) is 5.91 Å². The quantitative estimate of drug-likeness (QED) is 0.685. The van der Waals surface area contributed by atoms with Gasteiger partial charge in [-0.25, -0.2) is 0 Å². The summed E-state index contributed by atoms with van der Waals surface area (Å²) in [5.74, 6) is -0.355. The van der Waals surface area contributed by atoms with Gasteiger partial charge < -0.3 is 15.1 Å². The standard InChI is InChI=1S/C26H29N3O/c1-20-19-23(29-17-15-28(2)16-18-29)13-14-24(20)27-26(30)25(21-9-5-3-6-10-21)22-11-7-4-8-12-22/h3-14,19,25H,15-18H2,1-2H3,(H,27,30). The zero-order valence-electron chi connectivity index (χ0n) is 17.7. The molecule has 1 N–H and O–H groups in total. The van der Waals surface area contributed by atoms with Gasteiger partial charge >= 0.3 is 0 Å². The molecule has 0 aromatic heterocycles. The summed E-state index contributed by atoms with van der Waals surface area (Å²) in [4.78, 5) is 18.1. The first-order valence-electron chi connectivity index (χ1n) is 10.6. The average molecular weight is 400 g/mol. The number of nitrogens with one attached hydrogen (secondary N) is 1. The SMILES string of the molecule is Cc1cc(N2CCN(C)CC2)ccc1NC(=O)C(c1ccccc1)c1ccccc1. The third kappa shape index (κ3) is 4.55. The second-order valence-corrected chi connectivity index (χ2v) is 8.03. The highest BCUT2D eigenvalue weighted by Gasteiger charge is 2.23. The number of carbonyl (C=O) groups excluding carboxylic acids is 1. The van der Waals surface area contributed by atoms with Crippen molar-refractivity contribution in [2.45, 2.75) is 12.8 Å². The van der Waals surface area contributed by atoms with E-state index in [0.29, 0.717) is 0 Å². The minimum atomic E-state index is -0.343. The van der Waals surface area contributed by atoms with Crippen LogP contribution in [-0.2, 0) is 4.79 Å². The maximum atomic E-state index is 13.4. The van der Waals surface area contributed by atoms with Gasteiger partial charge in [-0.05, 0) is 48.9 Å². The lowest BCUT2D eigenvalue weighted by Crippen LogP contribution is -2.44. The molecule has 0 atom stereocenters. The van der Waals surface area contributed by atoms with Crippen molar-refractivity contribution in [2.24, 2.45) is 0 Å². The normalized spacial score (nSPS) is 14.7. The van der Waals surface area contributed by atoms with Crippen molar-refractivity contribution in [3.05, 3.63) is 95.6 Å². The molecular weight excluding hydrogens is 370 g/mol. The summed E-state index contributed by atoms with van der Waals surface area (Å²) < 4.78 is 0. The molecule has 4 heteroatoms. The van der Waals surface area contributed by atoms with E-state index in [0.717, 1.165) is 48.6 Å². The third-order valence-corrected chi connectivity index (χ3v) is 5.86. The van der Waals surface area contributed by atoms with Crippen LogP contribution in [0.15, 0.2) is 78.9 Å². The molecule has 1 aliphatic rings. The first kappa shape index (κ1) is 20.2. The summed E-state index contributed by atoms with van der Waals surface area (Å²) in [6.45, 7) is 6.29. The number of likely N-dealkylation sites (N-methyl/N-ethyl adjacent to an activating group) is 1. The molecule has 30 heavy (non-hydrogen) atoms. The number of amides is 1. The molecule has 1 aliphatic heterocycles. The van der Waals surface area contributed by atoms with Crippen molar-refractivity contribution in [1.82, 2.24) is 4.90 Å². The van der Waals surface area contributed by atoms with Crippen LogP contribution < -0.4 is 10.2 Å². The van der Waals surface area contributed by atoms with E-state index in [1.807, 2.05) is 66.7 Å². The predicted octanol–water partition coefficient (Wildman–Crippen LogP) is 4.52. The lowest BCUT2D eigenvalue weighted by Gasteiger charge is -2.34. The summed E-state index contributed by atoms with van der Waals surface area (Å²) >= 11 is 0. The van der Waals surface area contributed by atoms with Crippen LogP contribution in [-0.4, -0.2) is 44.0 Å². The molecule has 1 amide bonds. The fourth-order valence-electron chi connectivity index (χ4n) is 4.04. The van der Waals surface area contributed by atoms with Crippen LogP contribution in [0, 0.1) is 6.92 Å². The molecule has 0 radical (unpaired) electrons. The minimum absolute atomic E-state index is 0.0113. The molecule has 0 saturated carbocycles. The highest BCUT2D eigenvalue weighted by atomic mass is 16.1. The Bertz CT molecular complexity index is 940. The van der Waals surface area contributed by atoms with Crippen molar-refractivity contribution in [1.29, 1.82) is 0 Å². The molecule has 3 aromatic rings. The van der Waals surface area contributed by atoms with Crippen molar-refractivity contribution in [3.63, 3.8) is 0 Å². The number of nitrogens with zero attached hydrogens (tertiary/aromatic N) is 2. The molecule has 154 valence electrons. The Morgan fingerprint density at radius 2 is 1.40 bits per heavy atom. The Balaban J connectivity index is 1.55. The smallest absolute Gasteiger partial charge is 0.236 e. The topological polar surface area (TPSA) is 35.6 Å². The molecule has 0 aliphatic carbocycles. The van der Waals surface area contributed by atoms with Crippen molar-refractivity contribution in [3.8, 4) is 0 Å². The molecular formula is C26H29N3O. The Labute approximate surface area is 179 Å². The number of anilines is 2. The Hall–Kier alpha value is -3.11. The number of hydrogen-bond donors (Lipinski definition) is 1. The Morgan fingerprint density at radius 3 is 1.93 bits per heavy atom. The van der Waals surface area contributed by atoms with Crippen molar-refractivity contribution >= 4 is 17.3 Å². The molecule has 4 rings (SSSR count). The molecule has 0 spiro atoms. The number of piperazine rings is 1. The van der Waals surface area contributed by atoms with Crippen LogP contribution in [0.25, 0.3) is 0 Å². The summed E-state index contributed by atoms with van der Waals surface area (Å²) in [6, 6.07) is 26.3. The van der Waals surface area contributed by atoms with E-state index in [2.05, 4.69) is 41.2 Å². The summed E-state index contributed by atoms with van der Waals surface area (Å²) in [5, 5.41) is 3.18. The largest absolute Gasteiger partial charge is 0.369 e. The van der Waals surface area contributed by atoms with Gasteiger partial charge in [-0.2, -0.15) is 0 Å². The highest BCUT2D eigenvalue weighted by Crippen LogP contribution is 2.28. The molecule has 4 nitrogen and oxygen atoms in total. The van der Waals surface area contributed by atoms with Crippen LogP contribution in [0.2, 0.25) is 0 Å². The van der Waals surface area contributed by atoms with Crippen LogP contribution in [0.3, 0.4) is 0 Å². The fraction of sp³-hybridized carbons (Fsp3) is 0.269. The number of hydrogen-bond acceptors (Lipinski definition) is 3. The zero-order chi connectivity index (χ0) is 20.9. The van der Waals surface area contributed by atoms with E-state index in [1.54, 1.807) is 0 Å². The predicted molar refractivity (Wildman–Crippen MR) is 124 cm³/mol. The second-order valence-electron chi connectivity index (χ2n) is 8.03. The van der Waals surface area contributed by atoms with Crippen molar-refractivity contribution < 1.29 is 4.79 Å². The zero-order valence-corrected chi connectivity index (χ0v) is 17.7. The molecule has 0 bridgehead atoms. The van der Waals surface area contributed by atoms with E-state index < -0.39 is 0 Å². The van der Waals surface area contributed by atoms with E-state index in [4.69, 9.17) is 0 Å². The fourth-order valence-corrected chi connectivity index (χ4v) is 4.04. The van der Waals surface area contributed by atoms with E-state index >= 15 is 0 Å². The molecule has 3 aromatic carbocycles. The van der Waals surface area contributed by atoms with Gasteiger partial charge in [0.05, 0.1) is 5.92 Å². The Morgan fingerprint density at radius 1 is 0.833 bits per heavy atom. The summed E-state index contributed by atoms with van der Waals surface area (Å²) in [6.07, 6.45) is 0. The van der Waals surface area contributed by atoms with Gasteiger partial charge in [0.1, 0.15) is 0 Å². The third-order valence-electron chi connectivity index (χ3n) is 5.86. The number of aryl methyl sites for hydroxylation is 1. The van der Waals surface area contributed by atoms with E-state index in [-0.39, 0.29) is 11.8 Å². The monoisotopic (exact) mass is 399 g/mol. The molecule has 1 saturated heterocycles. The summed E-state index contributed by atoms with van der Waals surface area (Å²) in [7, 11) is 2.16.